The Labute approximate surface area is 251 Å². The number of ketones is 1. The summed E-state index contributed by atoms with van der Waals surface area (Å²) in [6.07, 6.45) is 9.40. The molecule has 8 nitrogen and oxygen atoms in total. The van der Waals surface area contributed by atoms with Crippen molar-refractivity contribution in [3.8, 4) is 0 Å². The second kappa shape index (κ2) is 13.6. The Kier molecular flexibility index (Phi) is 10.3. The topological polar surface area (TPSA) is 89.5 Å². The van der Waals surface area contributed by atoms with Crippen LogP contribution in [0.2, 0.25) is 0 Å². The van der Waals surface area contributed by atoms with E-state index in [-0.39, 0.29) is 72.4 Å². The average Bonchev–Trinajstić information content (AvgIpc) is 3.55. The van der Waals surface area contributed by atoms with Gasteiger partial charge in [0.1, 0.15) is 24.4 Å². The molecule has 3 fully saturated rings. The zero-order chi connectivity index (χ0) is 30.1. The summed E-state index contributed by atoms with van der Waals surface area (Å²) in [5.74, 6) is 0.934. The minimum atomic E-state index is -0.563. The number of cyclic esters (lactones) is 1. The smallest absolute Gasteiger partial charge is 0.306 e. The third-order valence-electron chi connectivity index (χ3n) is 10.9. The Bertz CT molecular complexity index is 1040. The van der Waals surface area contributed by atoms with Gasteiger partial charge in [-0.05, 0) is 81.6 Å². The zero-order valence-electron chi connectivity index (χ0n) is 26.6. The third-order valence-corrected chi connectivity index (χ3v) is 10.9. The van der Waals surface area contributed by atoms with Gasteiger partial charge < -0.3 is 28.4 Å². The van der Waals surface area contributed by atoms with Crippen LogP contribution in [0.5, 0.6) is 0 Å². The summed E-state index contributed by atoms with van der Waals surface area (Å²) >= 11 is 0. The second-order valence-corrected chi connectivity index (χ2v) is 13.4. The molecule has 0 aromatic heterocycles. The maximum absolute atomic E-state index is 13.8. The number of carbonyl (C=O) groups is 2. The van der Waals surface area contributed by atoms with Crippen molar-refractivity contribution in [2.24, 2.45) is 35.5 Å². The average molecular weight is 589 g/mol. The fourth-order valence-electron chi connectivity index (χ4n) is 8.69. The monoisotopic (exact) mass is 588 g/mol. The lowest BCUT2D eigenvalue weighted by molar-refractivity contribution is -0.314. The van der Waals surface area contributed by atoms with Gasteiger partial charge in [0, 0.05) is 33.2 Å². The van der Waals surface area contributed by atoms with Gasteiger partial charge in [-0.1, -0.05) is 38.0 Å². The summed E-state index contributed by atoms with van der Waals surface area (Å²) in [6, 6.07) is 0. The Hall–Kier alpha value is -1.58. The van der Waals surface area contributed by atoms with E-state index in [0.29, 0.717) is 11.8 Å². The van der Waals surface area contributed by atoms with Crippen molar-refractivity contribution in [2.75, 3.05) is 21.3 Å². The molecule has 0 amide bonds. The maximum atomic E-state index is 13.8. The van der Waals surface area contributed by atoms with E-state index >= 15 is 0 Å². The van der Waals surface area contributed by atoms with Gasteiger partial charge >= 0.3 is 5.97 Å². The number of fused-ring (bicyclic) bond motifs is 5. The highest BCUT2D eigenvalue weighted by molar-refractivity contribution is 5.98. The Morgan fingerprint density at radius 3 is 2.29 bits per heavy atom. The van der Waals surface area contributed by atoms with Crippen LogP contribution in [0.3, 0.4) is 0 Å². The molecule has 2 heterocycles. The largest absolute Gasteiger partial charge is 0.462 e. The van der Waals surface area contributed by atoms with Crippen molar-refractivity contribution >= 4 is 11.8 Å². The van der Waals surface area contributed by atoms with E-state index in [2.05, 4.69) is 32.9 Å². The van der Waals surface area contributed by atoms with Gasteiger partial charge in [-0.3, -0.25) is 9.59 Å². The van der Waals surface area contributed by atoms with Crippen molar-refractivity contribution < 1.29 is 38.0 Å². The molecule has 8 heteroatoms. The number of ether oxygens (including phenoxy) is 6. The number of esters is 1. The van der Waals surface area contributed by atoms with Crippen molar-refractivity contribution in [3.05, 3.63) is 23.3 Å². The molecular formula is C34H52O8. The number of rotatable bonds is 6. The van der Waals surface area contributed by atoms with Crippen LogP contribution in [0.15, 0.2) is 23.3 Å². The lowest BCUT2D eigenvalue weighted by Gasteiger charge is -2.44. The molecule has 2 saturated heterocycles. The van der Waals surface area contributed by atoms with Crippen LogP contribution in [-0.4, -0.2) is 76.0 Å². The predicted octanol–water partition coefficient (Wildman–Crippen LogP) is 5.43. The Morgan fingerprint density at radius 2 is 1.60 bits per heavy atom. The van der Waals surface area contributed by atoms with Gasteiger partial charge in [0.2, 0.25) is 0 Å². The quantitative estimate of drug-likeness (QED) is 0.300. The predicted molar refractivity (Wildman–Crippen MR) is 158 cm³/mol. The number of hydrogen-bond donors (Lipinski definition) is 0. The summed E-state index contributed by atoms with van der Waals surface area (Å²) in [5.41, 5.74) is 2.19. The van der Waals surface area contributed by atoms with E-state index < -0.39 is 12.4 Å². The van der Waals surface area contributed by atoms with Crippen LogP contribution >= 0.6 is 0 Å². The molecule has 1 saturated carbocycles. The molecule has 8 unspecified atom stereocenters. The number of allylic oxidation sites excluding steroid dienone is 4. The second-order valence-electron chi connectivity index (χ2n) is 13.4. The van der Waals surface area contributed by atoms with Gasteiger partial charge in [-0.25, -0.2) is 0 Å². The molecule has 5 rings (SSSR count). The molecule has 42 heavy (non-hydrogen) atoms. The first kappa shape index (κ1) is 31.8. The van der Waals surface area contributed by atoms with E-state index in [0.717, 1.165) is 50.5 Å². The van der Waals surface area contributed by atoms with E-state index in [1.165, 1.54) is 5.57 Å². The van der Waals surface area contributed by atoms with Crippen LogP contribution < -0.4 is 0 Å². The van der Waals surface area contributed by atoms with Gasteiger partial charge in [-0.15, -0.1) is 0 Å². The zero-order valence-corrected chi connectivity index (χ0v) is 26.6. The number of methoxy groups -OCH3 is 3. The summed E-state index contributed by atoms with van der Waals surface area (Å²) in [4.78, 5) is 27.0. The molecule has 5 aliphatic rings. The van der Waals surface area contributed by atoms with Gasteiger partial charge in [0.25, 0.3) is 0 Å². The van der Waals surface area contributed by atoms with Crippen LogP contribution in [0.1, 0.15) is 79.1 Å². The standard InChI is InChI=1S/C34H52O8/c1-8-21-12-10-9-11-18(2)30(36)28-16-26-24(27(28)17-29(35)41-21)13-19(3)23-14-22(15-25(23)26)42-34-33(39-7)32(38-6)31(37-5)20(4)40-34/h13,16,18,20-27,31-34H,8-12,14-15,17H2,1-7H3/t18-,20?,21+,22-,23?,24?,25-,26?,27+,31?,32?,33?,34?/m1/s1. The molecule has 236 valence electrons. The summed E-state index contributed by atoms with van der Waals surface area (Å²) in [6.45, 7) is 8.33. The normalized spacial score (nSPS) is 44.6. The van der Waals surface area contributed by atoms with Gasteiger partial charge in [0.05, 0.1) is 18.6 Å². The van der Waals surface area contributed by atoms with E-state index in [1.54, 1.807) is 21.3 Å². The lowest BCUT2D eigenvalue weighted by Crippen LogP contribution is -2.59. The van der Waals surface area contributed by atoms with Crippen LogP contribution in [-0.2, 0) is 38.0 Å². The first-order valence-corrected chi connectivity index (χ1v) is 16.2. The van der Waals surface area contributed by atoms with E-state index in [1.807, 2.05) is 6.92 Å². The molecule has 0 aromatic rings. The van der Waals surface area contributed by atoms with Crippen molar-refractivity contribution in [1.29, 1.82) is 0 Å². The maximum Gasteiger partial charge on any atom is 0.306 e. The fraction of sp³-hybridized carbons (Fsp3) is 0.824. The summed E-state index contributed by atoms with van der Waals surface area (Å²) in [5, 5.41) is 0. The van der Waals surface area contributed by atoms with E-state index in [4.69, 9.17) is 28.4 Å². The van der Waals surface area contributed by atoms with Gasteiger partial charge in [0.15, 0.2) is 12.1 Å². The Balaban J connectivity index is 1.36. The lowest BCUT2D eigenvalue weighted by atomic mass is 9.67. The van der Waals surface area contributed by atoms with Crippen molar-refractivity contribution in [2.45, 2.75) is 122 Å². The number of Topliss-reactive ketones (excluding diaryl/α,β-unsaturated/α-hetero) is 1. The molecule has 13 atom stereocenters. The highest BCUT2D eigenvalue weighted by Gasteiger charge is 2.53. The highest BCUT2D eigenvalue weighted by Crippen LogP contribution is 2.56. The molecule has 3 aliphatic carbocycles. The first-order valence-electron chi connectivity index (χ1n) is 16.2. The number of hydrogen-bond acceptors (Lipinski definition) is 8. The molecule has 0 aromatic carbocycles. The molecular weight excluding hydrogens is 536 g/mol. The Morgan fingerprint density at radius 1 is 0.881 bits per heavy atom. The summed E-state index contributed by atoms with van der Waals surface area (Å²) < 4.78 is 36.2. The SMILES string of the molecule is CC[C@H]1CCCC[C@@H](C)C(=O)C2=CC3C(C=C(C)C4C[C@@H](OC5OC(C)C(OC)C(OC)C5OC)C[C@H]43)[C@@H]2CC(=O)O1. The third kappa shape index (κ3) is 6.16. The van der Waals surface area contributed by atoms with Crippen LogP contribution in [0, 0.1) is 35.5 Å². The molecule has 0 N–H and O–H groups in total. The van der Waals surface area contributed by atoms with Crippen LogP contribution in [0.25, 0.3) is 0 Å². The van der Waals surface area contributed by atoms with Crippen LogP contribution in [0.4, 0.5) is 0 Å². The first-order chi connectivity index (χ1) is 20.2. The highest BCUT2D eigenvalue weighted by atomic mass is 16.7. The molecule has 0 bridgehead atoms. The minimum Gasteiger partial charge on any atom is -0.462 e. The molecule has 0 spiro atoms. The summed E-state index contributed by atoms with van der Waals surface area (Å²) in [7, 11) is 4.99. The van der Waals surface area contributed by atoms with E-state index in [9.17, 15) is 9.59 Å². The molecule has 2 aliphatic heterocycles. The van der Waals surface area contributed by atoms with Crippen molar-refractivity contribution in [1.82, 2.24) is 0 Å². The number of carbonyl (C=O) groups excluding carboxylic acids is 2. The van der Waals surface area contributed by atoms with Crippen molar-refractivity contribution in [3.63, 3.8) is 0 Å². The minimum absolute atomic E-state index is 0.0107. The molecule has 0 radical (unpaired) electrons. The fourth-order valence-corrected chi connectivity index (χ4v) is 8.69. The van der Waals surface area contributed by atoms with Gasteiger partial charge in [-0.2, -0.15) is 0 Å².